The van der Waals surface area contributed by atoms with E-state index in [1.165, 1.54) is 18.2 Å². The molecule has 1 atom stereocenters. The number of nitrogens with two attached hydrogens (primary N) is 1. The van der Waals surface area contributed by atoms with Crippen molar-refractivity contribution >= 4 is 10.0 Å². The molecule has 0 aromatic heterocycles. The van der Waals surface area contributed by atoms with Gasteiger partial charge in [-0.2, -0.15) is 0 Å². The summed E-state index contributed by atoms with van der Waals surface area (Å²) < 4.78 is 22.3. The van der Waals surface area contributed by atoms with E-state index in [2.05, 4.69) is 10.0 Å². The van der Waals surface area contributed by atoms with Crippen molar-refractivity contribution in [1.29, 1.82) is 0 Å². The molecule has 0 heterocycles. The maximum absolute atomic E-state index is 11.1. The molecule has 8 heteroatoms. The van der Waals surface area contributed by atoms with Crippen LogP contribution in [0.1, 0.15) is 17.2 Å². The van der Waals surface area contributed by atoms with Gasteiger partial charge in [-0.05, 0) is 35.7 Å². The maximum Gasteiger partial charge on any atom is 0.238 e. The average Bonchev–Trinajstić information content (AvgIpc) is 2.24. The second kappa shape index (κ2) is 5.15. The average molecular weight is 256 g/mol. The lowest BCUT2D eigenvalue weighted by Gasteiger charge is -2.12. The molecule has 0 radical (unpaired) electrons. The van der Waals surface area contributed by atoms with Gasteiger partial charge in [0.25, 0.3) is 0 Å². The van der Waals surface area contributed by atoms with Gasteiger partial charge in [0.2, 0.25) is 10.0 Å². The van der Waals surface area contributed by atoms with Crippen molar-refractivity contribution in [3.63, 3.8) is 0 Å². The largest absolute Gasteiger partial charge is 0.388 e. The second-order valence-electron chi connectivity index (χ2n) is 3.49. The van der Waals surface area contributed by atoms with Gasteiger partial charge < -0.3 is 5.11 Å². The molecule has 1 aromatic rings. The molecule has 92 valence electrons. The molecular weight excluding hydrogens is 244 g/mol. The second-order valence-corrected chi connectivity index (χ2v) is 5.05. The van der Waals surface area contributed by atoms with Gasteiger partial charge in [-0.3, -0.25) is 0 Å². The third-order valence-corrected chi connectivity index (χ3v) is 3.17. The summed E-state index contributed by atoms with van der Waals surface area (Å²) in [6, 6.07) is 4.17. The minimum Gasteiger partial charge on any atom is -0.388 e. The summed E-state index contributed by atoms with van der Waals surface area (Å²) in [5.41, 5.74) is 9.22. The number of aliphatic hydroxyl groups excluding tert-OH is 1. The van der Waals surface area contributed by atoms with Gasteiger partial charge >= 0.3 is 0 Å². The predicted molar refractivity (Wildman–Crippen MR) is 61.5 cm³/mol. The quantitative estimate of drug-likeness (QED) is 0.473. The summed E-state index contributed by atoms with van der Waals surface area (Å²) in [5.74, 6) is 0. The number of hydrogen-bond acceptors (Lipinski definition) is 4. The maximum atomic E-state index is 11.1. The monoisotopic (exact) mass is 256 g/mol. The number of primary sulfonamides is 1. The van der Waals surface area contributed by atoms with E-state index in [4.69, 9.17) is 10.7 Å². The summed E-state index contributed by atoms with van der Waals surface area (Å²) in [6.45, 7) is 1.55. The summed E-state index contributed by atoms with van der Waals surface area (Å²) in [4.78, 5) is 2.44. The molecule has 0 aliphatic heterocycles. The molecule has 7 nitrogen and oxygen atoms in total. The van der Waals surface area contributed by atoms with Crippen molar-refractivity contribution in [1.82, 2.24) is 0 Å². The van der Waals surface area contributed by atoms with Crippen molar-refractivity contribution in [3.8, 4) is 0 Å². The van der Waals surface area contributed by atoms with Crippen LogP contribution in [0.3, 0.4) is 0 Å². The first-order valence-electron chi connectivity index (χ1n) is 4.68. The molecular formula is C9H12N4O3S. The highest BCUT2D eigenvalue weighted by atomic mass is 32.2. The fourth-order valence-corrected chi connectivity index (χ4v) is 1.92. The van der Waals surface area contributed by atoms with E-state index in [1.54, 1.807) is 6.92 Å². The molecule has 0 amide bonds. The Labute approximate surface area is 98.6 Å². The standard InChI is InChI=1S/C9H12N4O3S/c1-6-2-3-7(17(11,15)16)4-8(6)9(14)5-12-13-10/h2-4,9,14H,5H2,1H3,(H2,11,15,16). The van der Waals surface area contributed by atoms with Crippen LogP contribution >= 0.6 is 0 Å². The Hall–Kier alpha value is -1.60. The molecule has 1 unspecified atom stereocenters. The molecule has 0 saturated heterocycles. The third-order valence-electron chi connectivity index (χ3n) is 2.26. The Bertz CT molecular complexity index is 564. The number of aliphatic hydroxyl groups is 1. The van der Waals surface area contributed by atoms with E-state index < -0.39 is 16.1 Å². The van der Waals surface area contributed by atoms with Crippen molar-refractivity contribution in [3.05, 3.63) is 39.8 Å². The van der Waals surface area contributed by atoms with Crippen LogP contribution in [0.5, 0.6) is 0 Å². The molecule has 1 rings (SSSR count). The fourth-order valence-electron chi connectivity index (χ4n) is 1.37. The predicted octanol–water partition coefficient (Wildman–Crippen LogP) is 0.986. The molecule has 0 saturated carbocycles. The van der Waals surface area contributed by atoms with Gasteiger partial charge in [0.15, 0.2) is 0 Å². The Morgan fingerprint density at radius 3 is 2.76 bits per heavy atom. The van der Waals surface area contributed by atoms with Gasteiger partial charge in [-0.25, -0.2) is 13.6 Å². The van der Waals surface area contributed by atoms with Crippen LogP contribution < -0.4 is 5.14 Å². The lowest BCUT2D eigenvalue weighted by Crippen LogP contribution is -2.13. The zero-order chi connectivity index (χ0) is 13.1. The van der Waals surface area contributed by atoms with Gasteiger partial charge in [0, 0.05) is 4.91 Å². The first-order chi connectivity index (χ1) is 7.86. The number of aryl methyl sites for hydroxylation is 1. The van der Waals surface area contributed by atoms with E-state index in [-0.39, 0.29) is 11.4 Å². The van der Waals surface area contributed by atoms with Gasteiger partial charge in [0.05, 0.1) is 17.5 Å². The Morgan fingerprint density at radius 2 is 2.24 bits per heavy atom. The number of hydrogen-bond donors (Lipinski definition) is 2. The number of benzene rings is 1. The van der Waals surface area contributed by atoms with Crippen LogP contribution in [0.4, 0.5) is 0 Å². The first-order valence-corrected chi connectivity index (χ1v) is 6.23. The van der Waals surface area contributed by atoms with E-state index in [0.717, 1.165) is 0 Å². The summed E-state index contributed by atoms with van der Waals surface area (Å²) >= 11 is 0. The summed E-state index contributed by atoms with van der Waals surface area (Å²) in [7, 11) is -3.81. The molecule has 17 heavy (non-hydrogen) atoms. The summed E-state index contributed by atoms with van der Waals surface area (Å²) in [5, 5.41) is 17.9. The van der Waals surface area contributed by atoms with E-state index in [1.807, 2.05) is 0 Å². The Kier molecular flexibility index (Phi) is 4.08. The van der Waals surface area contributed by atoms with Gasteiger partial charge in [-0.15, -0.1) is 0 Å². The Morgan fingerprint density at radius 1 is 1.59 bits per heavy atom. The molecule has 3 N–H and O–H groups in total. The molecule has 0 spiro atoms. The highest BCUT2D eigenvalue weighted by Crippen LogP contribution is 2.21. The summed E-state index contributed by atoms with van der Waals surface area (Å²) in [6.07, 6.45) is -1.05. The van der Waals surface area contributed by atoms with Crippen molar-refractivity contribution in [2.75, 3.05) is 6.54 Å². The van der Waals surface area contributed by atoms with E-state index in [9.17, 15) is 13.5 Å². The van der Waals surface area contributed by atoms with Gasteiger partial charge in [0.1, 0.15) is 0 Å². The zero-order valence-corrected chi connectivity index (χ0v) is 9.92. The number of sulfonamides is 1. The highest BCUT2D eigenvalue weighted by Gasteiger charge is 2.14. The molecule has 0 fully saturated rings. The minimum absolute atomic E-state index is 0.0851. The van der Waals surface area contributed by atoms with Crippen molar-refractivity contribution in [2.45, 2.75) is 17.9 Å². The molecule has 0 aliphatic rings. The van der Waals surface area contributed by atoms with E-state index >= 15 is 0 Å². The van der Waals surface area contributed by atoms with Crippen LogP contribution in [0.2, 0.25) is 0 Å². The topological polar surface area (TPSA) is 129 Å². The van der Waals surface area contributed by atoms with Gasteiger partial charge in [-0.1, -0.05) is 11.2 Å². The zero-order valence-electron chi connectivity index (χ0n) is 9.11. The van der Waals surface area contributed by atoms with Crippen LogP contribution in [0.15, 0.2) is 28.2 Å². The number of azide groups is 1. The Balaban J connectivity index is 3.19. The number of nitrogens with zero attached hydrogens (tertiary/aromatic N) is 3. The molecule has 0 aliphatic carbocycles. The van der Waals surface area contributed by atoms with Crippen LogP contribution in [0, 0.1) is 6.92 Å². The van der Waals surface area contributed by atoms with Crippen LogP contribution in [-0.2, 0) is 10.0 Å². The smallest absolute Gasteiger partial charge is 0.238 e. The van der Waals surface area contributed by atoms with E-state index in [0.29, 0.717) is 11.1 Å². The molecule has 0 bridgehead atoms. The fraction of sp³-hybridized carbons (Fsp3) is 0.333. The molecule has 1 aromatic carbocycles. The van der Waals surface area contributed by atoms with Crippen LogP contribution in [-0.4, -0.2) is 20.1 Å². The number of rotatable bonds is 4. The van der Waals surface area contributed by atoms with Crippen molar-refractivity contribution < 1.29 is 13.5 Å². The lowest BCUT2D eigenvalue weighted by atomic mass is 10.0. The third kappa shape index (κ3) is 3.43. The van der Waals surface area contributed by atoms with Crippen molar-refractivity contribution in [2.24, 2.45) is 10.3 Å². The first kappa shape index (κ1) is 13.5. The SMILES string of the molecule is Cc1ccc(S(N)(=O)=O)cc1C(O)CN=[N+]=[N-]. The lowest BCUT2D eigenvalue weighted by molar-refractivity contribution is 0.186. The normalized spacial score (nSPS) is 12.9. The highest BCUT2D eigenvalue weighted by molar-refractivity contribution is 7.89. The minimum atomic E-state index is -3.81. The van der Waals surface area contributed by atoms with Crippen LogP contribution in [0.25, 0.3) is 10.4 Å².